The normalized spacial score (nSPS) is 16.0. The third kappa shape index (κ3) is 4.52. The topological polar surface area (TPSA) is 49.9 Å². The number of rotatable bonds is 6. The van der Waals surface area contributed by atoms with Crippen LogP contribution in [-0.2, 0) is 16.4 Å². The van der Waals surface area contributed by atoms with E-state index in [0.29, 0.717) is 32.6 Å². The average Bonchev–Trinajstić information content (AvgIpc) is 2.67. The Balaban J connectivity index is 1.57. The summed E-state index contributed by atoms with van der Waals surface area (Å²) in [5.41, 5.74) is 2.13. The predicted molar refractivity (Wildman–Crippen MR) is 101 cm³/mol. The van der Waals surface area contributed by atoms with Crippen LogP contribution in [0.5, 0.6) is 5.75 Å². The Labute approximate surface area is 149 Å². The number of aryl methyl sites for hydroxylation is 1. The minimum atomic E-state index is -3.22. The molecule has 2 aromatic rings. The standard InChI is InChI=1S/C19H24N2O3S/c1-24-19-9-5-8-18(16-19)20-11-13-21(14-12-20)25(22,23)15-10-17-6-3-2-4-7-17/h2-9,16H,10-15H2,1H3. The zero-order chi connectivity index (χ0) is 17.7. The second-order valence-electron chi connectivity index (χ2n) is 6.14. The number of methoxy groups -OCH3 is 1. The molecule has 5 nitrogen and oxygen atoms in total. The largest absolute Gasteiger partial charge is 0.497 e. The number of ether oxygens (including phenoxy) is 1. The lowest BCUT2D eigenvalue weighted by Gasteiger charge is -2.35. The van der Waals surface area contributed by atoms with Gasteiger partial charge in [0.25, 0.3) is 0 Å². The van der Waals surface area contributed by atoms with Crippen LogP contribution in [0.3, 0.4) is 0 Å². The van der Waals surface area contributed by atoms with E-state index in [0.717, 1.165) is 17.0 Å². The van der Waals surface area contributed by atoms with E-state index in [1.54, 1.807) is 11.4 Å². The molecule has 25 heavy (non-hydrogen) atoms. The van der Waals surface area contributed by atoms with Gasteiger partial charge in [-0.2, -0.15) is 4.31 Å². The molecule has 0 aliphatic carbocycles. The molecule has 134 valence electrons. The van der Waals surface area contributed by atoms with Crippen molar-refractivity contribution in [3.05, 3.63) is 60.2 Å². The Hall–Kier alpha value is -2.05. The van der Waals surface area contributed by atoms with Gasteiger partial charge in [-0.15, -0.1) is 0 Å². The molecule has 6 heteroatoms. The fraction of sp³-hybridized carbons (Fsp3) is 0.368. The highest BCUT2D eigenvalue weighted by molar-refractivity contribution is 7.89. The monoisotopic (exact) mass is 360 g/mol. The smallest absolute Gasteiger partial charge is 0.214 e. The van der Waals surface area contributed by atoms with Crippen LogP contribution in [0.4, 0.5) is 5.69 Å². The highest BCUT2D eigenvalue weighted by Gasteiger charge is 2.26. The van der Waals surface area contributed by atoms with E-state index in [1.807, 2.05) is 54.6 Å². The molecule has 0 unspecified atom stereocenters. The molecular formula is C19H24N2O3S. The number of piperazine rings is 1. The second kappa shape index (κ2) is 7.89. The third-order valence-electron chi connectivity index (χ3n) is 4.54. The van der Waals surface area contributed by atoms with Gasteiger partial charge in [0, 0.05) is 37.9 Å². The quantitative estimate of drug-likeness (QED) is 0.794. The third-order valence-corrected chi connectivity index (χ3v) is 6.41. The van der Waals surface area contributed by atoms with Crippen LogP contribution >= 0.6 is 0 Å². The summed E-state index contributed by atoms with van der Waals surface area (Å²) in [4.78, 5) is 2.20. The molecule has 1 fully saturated rings. The Morgan fingerprint density at radius 1 is 0.960 bits per heavy atom. The first-order valence-corrected chi connectivity index (χ1v) is 10.1. The van der Waals surface area contributed by atoms with Crippen molar-refractivity contribution in [2.75, 3.05) is 43.9 Å². The molecule has 0 aromatic heterocycles. The van der Waals surface area contributed by atoms with E-state index in [2.05, 4.69) is 4.90 Å². The Kier molecular flexibility index (Phi) is 5.60. The number of sulfonamides is 1. The molecule has 1 aliphatic heterocycles. The molecular weight excluding hydrogens is 336 g/mol. The van der Waals surface area contributed by atoms with Crippen molar-refractivity contribution in [3.8, 4) is 5.75 Å². The number of anilines is 1. The molecule has 1 heterocycles. The lowest BCUT2D eigenvalue weighted by atomic mass is 10.2. The van der Waals surface area contributed by atoms with Gasteiger partial charge in [0.15, 0.2) is 0 Å². The van der Waals surface area contributed by atoms with E-state index in [9.17, 15) is 8.42 Å². The van der Waals surface area contributed by atoms with Crippen LogP contribution in [0.25, 0.3) is 0 Å². The molecule has 0 bridgehead atoms. The van der Waals surface area contributed by atoms with E-state index in [1.165, 1.54) is 0 Å². The van der Waals surface area contributed by atoms with Gasteiger partial charge < -0.3 is 9.64 Å². The Morgan fingerprint density at radius 3 is 2.36 bits per heavy atom. The maximum Gasteiger partial charge on any atom is 0.214 e. The van der Waals surface area contributed by atoms with Gasteiger partial charge >= 0.3 is 0 Å². The summed E-state index contributed by atoms with van der Waals surface area (Å²) >= 11 is 0. The molecule has 0 amide bonds. The maximum absolute atomic E-state index is 12.6. The van der Waals surface area contributed by atoms with Crippen LogP contribution in [0.2, 0.25) is 0 Å². The molecule has 3 rings (SSSR count). The summed E-state index contributed by atoms with van der Waals surface area (Å²) in [5.74, 6) is 0.978. The van der Waals surface area contributed by atoms with Gasteiger partial charge in [-0.05, 0) is 24.1 Å². The lowest BCUT2D eigenvalue weighted by Crippen LogP contribution is -2.49. The van der Waals surface area contributed by atoms with Crippen molar-refractivity contribution >= 4 is 15.7 Å². The van der Waals surface area contributed by atoms with E-state index < -0.39 is 10.0 Å². The highest BCUT2D eigenvalue weighted by atomic mass is 32.2. The highest BCUT2D eigenvalue weighted by Crippen LogP contribution is 2.22. The van der Waals surface area contributed by atoms with Crippen LogP contribution in [0.15, 0.2) is 54.6 Å². The molecule has 0 saturated carbocycles. The van der Waals surface area contributed by atoms with Crippen molar-refractivity contribution in [2.24, 2.45) is 0 Å². The van der Waals surface area contributed by atoms with Gasteiger partial charge in [0.1, 0.15) is 5.75 Å². The molecule has 1 aliphatic rings. The summed E-state index contributed by atoms with van der Waals surface area (Å²) in [6.45, 7) is 2.43. The fourth-order valence-electron chi connectivity index (χ4n) is 3.05. The van der Waals surface area contributed by atoms with E-state index in [-0.39, 0.29) is 5.75 Å². The molecule has 2 aromatic carbocycles. The first kappa shape index (κ1) is 17.8. The van der Waals surface area contributed by atoms with Crippen molar-refractivity contribution in [3.63, 3.8) is 0 Å². The number of nitrogens with zero attached hydrogens (tertiary/aromatic N) is 2. The van der Waals surface area contributed by atoms with Crippen molar-refractivity contribution in [2.45, 2.75) is 6.42 Å². The van der Waals surface area contributed by atoms with E-state index >= 15 is 0 Å². The van der Waals surface area contributed by atoms with E-state index in [4.69, 9.17) is 4.74 Å². The van der Waals surface area contributed by atoms with Crippen molar-refractivity contribution in [1.82, 2.24) is 4.31 Å². The second-order valence-corrected chi connectivity index (χ2v) is 8.23. The summed E-state index contributed by atoms with van der Waals surface area (Å²) in [6.07, 6.45) is 0.555. The summed E-state index contributed by atoms with van der Waals surface area (Å²) < 4.78 is 32.1. The number of benzene rings is 2. The summed E-state index contributed by atoms with van der Waals surface area (Å²) in [6, 6.07) is 17.6. The van der Waals surface area contributed by atoms with Crippen LogP contribution in [0.1, 0.15) is 5.56 Å². The van der Waals surface area contributed by atoms with Crippen LogP contribution in [-0.4, -0.2) is 51.8 Å². The minimum absolute atomic E-state index is 0.163. The number of hydrogen-bond acceptors (Lipinski definition) is 4. The predicted octanol–water partition coefficient (Wildman–Crippen LogP) is 2.39. The zero-order valence-electron chi connectivity index (χ0n) is 14.5. The first-order chi connectivity index (χ1) is 12.1. The Bertz CT molecular complexity index is 785. The zero-order valence-corrected chi connectivity index (χ0v) is 15.3. The number of hydrogen-bond donors (Lipinski definition) is 0. The molecule has 0 N–H and O–H groups in total. The molecule has 0 atom stereocenters. The van der Waals surface area contributed by atoms with Gasteiger partial charge in [-0.3, -0.25) is 0 Å². The summed E-state index contributed by atoms with van der Waals surface area (Å²) in [7, 11) is -1.57. The summed E-state index contributed by atoms with van der Waals surface area (Å²) in [5, 5.41) is 0. The van der Waals surface area contributed by atoms with Gasteiger partial charge in [0.05, 0.1) is 12.9 Å². The molecule has 0 spiro atoms. The SMILES string of the molecule is COc1cccc(N2CCN(S(=O)(=O)CCc3ccccc3)CC2)c1. The van der Waals surface area contributed by atoms with Gasteiger partial charge in [-0.25, -0.2) is 8.42 Å². The maximum atomic E-state index is 12.6. The molecule has 0 radical (unpaired) electrons. The first-order valence-electron chi connectivity index (χ1n) is 8.49. The Morgan fingerprint density at radius 2 is 1.68 bits per heavy atom. The minimum Gasteiger partial charge on any atom is -0.497 e. The average molecular weight is 360 g/mol. The van der Waals surface area contributed by atoms with Gasteiger partial charge in [-0.1, -0.05) is 36.4 Å². The fourth-order valence-corrected chi connectivity index (χ4v) is 4.52. The van der Waals surface area contributed by atoms with Crippen LogP contribution < -0.4 is 9.64 Å². The van der Waals surface area contributed by atoms with Gasteiger partial charge in [0.2, 0.25) is 10.0 Å². The van der Waals surface area contributed by atoms with Crippen molar-refractivity contribution < 1.29 is 13.2 Å². The van der Waals surface area contributed by atoms with Crippen LogP contribution in [0, 0.1) is 0 Å². The van der Waals surface area contributed by atoms with Crippen molar-refractivity contribution in [1.29, 1.82) is 0 Å². The lowest BCUT2D eigenvalue weighted by molar-refractivity contribution is 0.384. The molecule has 1 saturated heterocycles.